The number of benzene rings is 1. The van der Waals surface area contributed by atoms with Crippen LogP contribution in [-0.4, -0.2) is 49.3 Å². The Hall–Kier alpha value is -3.52. The molecule has 1 aliphatic heterocycles. The van der Waals surface area contributed by atoms with E-state index in [0.29, 0.717) is 29.3 Å². The fraction of sp³-hybridized carbons (Fsp3) is 0.273. The summed E-state index contributed by atoms with van der Waals surface area (Å²) in [4.78, 5) is 26.9. The lowest BCUT2D eigenvalue weighted by molar-refractivity contribution is 0.310. The molecule has 0 saturated carbocycles. The molecule has 5 rings (SSSR count). The summed E-state index contributed by atoms with van der Waals surface area (Å²) in [5, 5.41) is 8.28. The van der Waals surface area contributed by atoms with Crippen LogP contribution < -0.4 is 10.9 Å². The molecule has 0 bridgehead atoms. The maximum Gasteiger partial charge on any atom is 0.262 e. The summed E-state index contributed by atoms with van der Waals surface area (Å²) < 4.78 is 1.72. The molecule has 1 saturated heterocycles. The van der Waals surface area contributed by atoms with Gasteiger partial charge in [-0.3, -0.25) is 9.69 Å². The minimum absolute atomic E-state index is 0.148. The lowest BCUT2D eigenvalue weighted by atomic mass is 10.1. The van der Waals surface area contributed by atoms with Crippen LogP contribution in [-0.2, 0) is 6.54 Å². The largest absolute Gasteiger partial charge is 0.370 e. The molecule has 8 nitrogen and oxygen atoms in total. The summed E-state index contributed by atoms with van der Waals surface area (Å²) in [7, 11) is 0. The van der Waals surface area contributed by atoms with Gasteiger partial charge in [-0.1, -0.05) is 24.3 Å². The van der Waals surface area contributed by atoms with Crippen molar-refractivity contribution < 1.29 is 0 Å². The predicted molar refractivity (Wildman–Crippen MR) is 116 cm³/mol. The minimum atomic E-state index is -0.148. The van der Waals surface area contributed by atoms with Crippen molar-refractivity contribution in [1.82, 2.24) is 29.6 Å². The van der Waals surface area contributed by atoms with Gasteiger partial charge in [-0.2, -0.15) is 5.10 Å². The second kappa shape index (κ2) is 8.08. The monoisotopic (exact) mass is 401 g/mol. The Balaban J connectivity index is 1.29. The fourth-order valence-corrected chi connectivity index (χ4v) is 3.95. The molecule has 8 heteroatoms. The molecule has 1 unspecified atom stereocenters. The highest BCUT2D eigenvalue weighted by Crippen LogP contribution is 2.19. The summed E-state index contributed by atoms with van der Waals surface area (Å²) in [6, 6.07) is 15.6. The van der Waals surface area contributed by atoms with Crippen LogP contribution in [0.15, 0.2) is 65.7 Å². The van der Waals surface area contributed by atoms with E-state index in [1.165, 1.54) is 0 Å². The summed E-state index contributed by atoms with van der Waals surface area (Å²) in [6.07, 6.45) is 4.48. The van der Waals surface area contributed by atoms with Crippen LogP contribution in [0.25, 0.3) is 16.7 Å². The number of fused-ring (bicyclic) bond motifs is 1. The zero-order chi connectivity index (χ0) is 20.3. The molecule has 2 N–H and O–H groups in total. The zero-order valence-electron chi connectivity index (χ0n) is 16.5. The molecule has 0 radical (unpaired) electrons. The maximum absolute atomic E-state index is 12.6. The number of aromatic amines is 1. The van der Waals surface area contributed by atoms with E-state index in [0.717, 1.165) is 37.6 Å². The van der Waals surface area contributed by atoms with Gasteiger partial charge in [-0.05, 0) is 43.1 Å². The van der Waals surface area contributed by atoms with Crippen molar-refractivity contribution in [3.05, 3.63) is 77.1 Å². The Morgan fingerprint density at radius 1 is 1.13 bits per heavy atom. The van der Waals surface area contributed by atoms with E-state index in [-0.39, 0.29) is 5.56 Å². The number of nitrogens with zero attached hydrogens (tertiary/aromatic N) is 5. The highest BCUT2D eigenvalue weighted by atomic mass is 16.1. The van der Waals surface area contributed by atoms with Crippen molar-refractivity contribution >= 4 is 16.9 Å². The molecule has 4 heterocycles. The summed E-state index contributed by atoms with van der Waals surface area (Å²) >= 11 is 0. The number of aromatic nitrogens is 5. The molecule has 0 amide bonds. The average molecular weight is 401 g/mol. The summed E-state index contributed by atoms with van der Waals surface area (Å²) in [5.41, 5.74) is 1.33. The predicted octanol–water partition coefficient (Wildman–Crippen LogP) is 2.44. The van der Waals surface area contributed by atoms with Crippen LogP contribution in [0.5, 0.6) is 0 Å². The zero-order valence-corrected chi connectivity index (χ0v) is 16.5. The lowest BCUT2D eigenvalue weighted by Gasteiger charge is -2.16. The molecule has 30 heavy (non-hydrogen) atoms. The van der Waals surface area contributed by atoms with Crippen LogP contribution in [0, 0.1) is 5.92 Å². The molecule has 0 spiro atoms. The van der Waals surface area contributed by atoms with Gasteiger partial charge in [0, 0.05) is 19.3 Å². The molecule has 1 aliphatic rings. The Morgan fingerprint density at radius 2 is 2.00 bits per heavy atom. The van der Waals surface area contributed by atoms with Gasteiger partial charge in [0.05, 0.1) is 18.4 Å². The van der Waals surface area contributed by atoms with Crippen LogP contribution in [0.1, 0.15) is 12.2 Å². The number of anilines is 1. The van der Waals surface area contributed by atoms with Gasteiger partial charge in [0.25, 0.3) is 5.56 Å². The van der Waals surface area contributed by atoms with Crippen molar-refractivity contribution in [2.75, 3.05) is 25.0 Å². The SMILES string of the molecule is O=c1[nH]c(CN2CCC(CNc3ccccn3)C2)nc2c1cnn2-c1ccccc1. The van der Waals surface area contributed by atoms with Crippen molar-refractivity contribution in [2.24, 2.45) is 5.92 Å². The van der Waals surface area contributed by atoms with E-state index in [9.17, 15) is 4.79 Å². The number of hydrogen-bond acceptors (Lipinski definition) is 6. The Kier molecular flexibility index (Phi) is 4.98. The number of pyridine rings is 1. The molecular weight excluding hydrogens is 378 g/mol. The molecule has 0 aliphatic carbocycles. The maximum atomic E-state index is 12.6. The van der Waals surface area contributed by atoms with Crippen molar-refractivity contribution in [1.29, 1.82) is 0 Å². The number of para-hydroxylation sites is 1. The highest BCUT2D eigenvalue weighted by Gasteiger charge is 2.23. The van der Waals surface area contributed by atoms with Crippen molar-refractivity contribution in [3.8, 4) is 5.69 Å². The Morgan fingerprint density at radius 3 is 2.83 bits per heavy atom. The molecule has 3 aromatic heterocycles. The van der Waals surface area contributed by atoms with Gasteiger partial charge < -0.3 is 10.3 Å². The molecular formula is C22H23N7O. The molecule has 4 aromatic rings. The first-order valence-corrected chi connectivity index (χ1v) is 10.2. The van der Waals surface area contributed by atoms with Crippen molar-refractivity contribution in [2.45, 2.75) is 13.0 Å². The number of hydrogen-bond donors (Lipinski definition) is 2. The summed E-state index contributed by atoms with van der Waals surface area (Å²) in [6.45, 7) is 3.44. The first kappa shape index (κ1) is 18.5. The second-order valence-corrected chi connectivity index (χ2v) is 7.63. The van der Waals surface area contributed by atoms with Crippen molar-refractivity contribution in [3.63, 3.8) is 0 Å². The molecule has 1 atom stereocenters. The van der Waals surface area contributed by atoms with E-state index in [2.05, 4.69) is 25.3 Å². The van der Waals surface area contributed by atoms with Crippen LogP contribution >= 0.6 is 0 Å². The lowest BCUT2D eigenvalue weighted by Crippen LogP contribution is -2.25. The first-order chi connectivity index (χ1) is 14.8. The standard InChI is InChI=1S/C22H23N7O/c30-22-18-13-25-29(17-6-2-1-3-7-17)21(18)26-20(27-22)15-28-11-9-16(14-28)12-24-19-8-4-5-10-23-19/h1-8,10,13,16H,9,11-12,14-15H2,(H,23,24)(H,26,27,30). The third kappa shape index (κ3) is 3.81. The van der Waals surface area contributed by atoms with E-state index in [1.54, 1.807) is 17.1 Å². The second-order valence-electron chi connectivity index (χ2n) is 7.63. The summed E-state index contributed by atoms with van der Waals surface area (Å²) in [5.74, 6) is 2.11. The molecule has 152 valence electrons. The Labute approximate surface area is 173 Å². The van der Waals surface area contributed by atoms with E-state index in [4.69, 9.17) is 4.98 Å². The minimum Gasteiger partial charge on any atom is -0.370 e. The third-order valence-corrected chi connectivity index (χ3v) is 5.47. The topological polar surface area (TPSA) is 91.7 Å². The smallest absolute Gasteiger partial charge is 0.262 e. The van der Waals surface area contributed by atoms with E-state index >= 15 is 0 Å². The number of likely N-dealkylation sites (tertiary alicyclic amines) is 1. The number of H-pyrrole nitrogens is 1. The number of nitrogens with one attached hydrogen (secondary N) is 2. The van der Waals surface area contributed by atoms with Crippen LogP contribution in [0.3, 0.4) is 0 Å². The van der Waals surface area contributed by atoms with Gasteiger partial charge in [0.15, 0.2) is 5.65 Å². The molecule has 1 aromatic carbocycles. The average Bonchev–Trinajstić information content (AvgIpc) is 3.41. The molecule has 1 fully saturated rings. The van der Waals surface area contributed by atoms with Gasteiger partial charge in [-0.25, -0.2) is 14.6 Å². The van der Waals surface area contributed by atoms with Gasteiger partial charge in [-0.15, -0.1) is 0 Å². The highest BCUT2D eigenvalue weighted by molar-refractivity contribution is 5.75. The van der Waals surface area contributed by atoms with Gasteiger partial charge >= 0.3 is 0 Å². The number of rotatable bonds is 6. The fourth-order valence-electron chi connectivity index (χ4n) is 3.95. The van der Waals surface area contributed by atoms with Crippen LogP contribution in [0.2, 0.25) is 0 Å². The van der Waals surface area contributed by atoms with Gasteiger partial charge in [0.2, 0.25) is 0 Å². The van der Waals surface area contributed by atoms with Gasteiger partial charge in [0.1, 0.15) is 17.0 Å². The Bertz CT molecular complexity index is 1190. The normalized spacial score (nSPS) is 16.9. The van der Waals surface area contributed by atoms with E-state index in [1.807, 2.05) is 48.5 Å². The third-order valence-electron chi connectivity index (χ3n) is 5.47. The first-order valence-electron chi connectivity index (χ1n) is 10.2. The van der Waals surface area contributed by atoms with Crippen LogP contribution in [0.4, 0.5) is 5.82 Å². The van der Waals surface area contributed by atoms with E-state index < -0.39 is 0 Å². The quantitative estimate of drug-likeness (QED) is 0.516.